The lowest BCUT2D eigenvalue weighted by Gasteiger charge is -2.26. The van der Waals surface area contributed by atoms with Crippen LogP contribution in [0.5, 0.6) is 0 Å². The van der Waals surface area contributed by atoms with E-state index in [1.165, 1.54) is 4.31 Å². The summed E-state index contributed by atoms with van der Waals surface area (Å²) in [6.07, 6.45) is 0. The summed E-state index contributed by atoms with van der Waals surface area (Å²) in [5, 5.41) is 0. The summed E-state index contributed by atoms with van der Waals surface area (Å²) in [6, 6.07) is -0.0949. The lowest BCUT2D eigenvalue weighted by molar-refractivity contribution is 0.275. The summed E-state index contributed by atoms with van der Waals surface area (Å²) in [5.41, 5.74) is 0. The van der Waals surface area contributed by atoms with E-state index in [1.807, 2.05) is 25.9 Å². The Labute approximate surface area is 85.0 Å². The van der Waals surface area contributed by atoms with Gasteiger partial charge in [-0.2, -0.15) is 12.7 Å². The van der Waals surface area contributed by atoms with Crippen LogP contribution in [0.2, 0.25) is 0 Å². The molecule has 0 aromatic rings. The van der Waals surface area contributed by atoms with Crippen LogP contribution < -0.4 is 0 Å². The molecular weight excluding hydrogens is 212 g/mol. The maximum absolute atomic E-state index is 11.1. The van der Waals surface area contributed by atoms with Gasteiger partial charge in [0.2, 0.25) is 0 Å². The molecule has 0 saturated heterocycles. The first kappa shape index (κ1) is 13.2. The molecule has 0 rings (SSSR count). The molecule has 0 amide bonds. The van der Waals surface area contributed by atoms with E-state index < -0.39 is 9.24 Å². The Hall–Kier alpha value is 0.160. The lowest BCUT2D eigenvalue weighted by Crippen LogP contribution is -2.41. The second-order valence-corrected chi connectivity index (χ2v) is 5.72. The highest BCUT2D eigenvalue weighted by Crippen LogP contribution is 2.11. The van der Waals surface area contributed by atoms with Crippen molar-refractivity contribution in [3.8, 4) is 0 Å². The van der Waals surface area contributed by atoms with Gasteiger partial charge in [0, 0.05) is 29.8 Å². The topological polar surface area (TPSA) is 40.6 Å². The molecule has 0 aromatic heterocycles. The fourth-order valence-electron chi connectivity index (χ4n) is 1.30. The van der Waals surface area contributed by atoms with Crippen LogP contribution in [0.4, 0.5) is 0 Å². The van der Waals surface area contributed by atoms with Crippen LogP contribution in [0.3, 0.4) is 0 Å². The molecule has 0 fully saturated rings. The van der Waals surface area contributed by atoms with Gasteiger partial charge in [-0.3, -0.25) is 0 Å². The van der Waals surface area contributed by atoms with Gasteiger partial charge in [0.15, 0.2) is 0 Å². The summed E-state index contributed by atoms with van der Waals surface area (Å²) in [5.74, 6) is 0. The molecule has 0 bridgehead atoms. The lowest BCUT2D eigenvalue weighted by atomic mass is 10.3. The van der Waals surface area contributed by atoms with Crippen molar-refractivity contribution in [3.05, 3.63) is 0 Å². The van der Waals surface area contributed by atoms with E-state index in [0.29, 0.717) is 13.1 Å². The van der Waals surface area contributed by atoms with Crippen molar-refractivity contribution in [1.29, 1.82) is 0 Å². The van der Waals surface area contributed by atoms with Crippen LogP contribution in [0.25, 0.3) is 0 Å². The first-order chi connectivity index (χ1) is 5.79. The molecule has 0 aromatic carbocycles. The van der Waals surface area contributed by atoms with Crippen molar-refractivity contribution < 1.29 is 8.42 Å². The minimum Gasteiger partial charge on any atom is -0.308 e. The molecule has 4 nitrogen and oxygen atoms in total. The summed E-state index contributed by atoms with van der Waals surface area (Å²) in [4.78, 5) is 1.93. The normalized spacial score (nSPS) is 15.3. The van der Waals surface area contributed by atoms with Crippen LogP contribution >= 0.6 is 10.7 Å². The molecule has 1 atom stereocenters. The Morgan fingerprint density at radius 3 is 2.08 bits per heavy atom. The van der Waals surface area contributed by atoms with Crippen LogP contribution in [0, 0.1) is 0 Å². The minimum atomic E-state index is -3.58. The van der Waals surface area contributed by atoms with Crippen LogP contribution in [-0.4, -0.2) is 50.8 Å². The van der Waals surface area contributed by atoms with E-state index in [0.717, 1.165) is 0 Å². The van der Waals surface area contributed by atoms with Gasteiger partial charge < -0.3 is 4.90 Å². The van der Waals surface area contributed by atoms with E-state index in [9.17, 15) is 8.42 Å². The van der Waals surface area contributed by atoms with E-state index in [2.05, 4.69) is 0 Å². The average molecular weight is 229 g/mol. The van der Waals surface area contributed by atoms with Gasteiger partial charge in [-0.25, -0.2) is 0 Å². The van der Waals surface area contributed by atoms with Crippen molar-refractivity contribution in [2.24, 2.45) is 0 Å². The number of likely N-dealkylation sites (N-methyl/N-ethyl adjacent to an activating group) is 2. The Morgan fingerprint density at radius 2 is 1.85 bits per heavy atom. The van der Waals surface area contributed by atoms with Crippen molar-refractivity contribution in [2.45, 2.75) is 19.9 Å². The standard InChI is InChI=1S/C7H17ClN2O2S/c1-5-10(13(8,11)12)7(2)6-9(3)4/h7H,5-6H2,1-4H3. The summed E-state index contributed by atoms with van der Waals surface area (Å²) in [6.45, 7) is 4.68. The third-order valence-corrected chi connectivity index (χ3v) is 3.42. The number of hydrogen-bond donors (Lipinski definition) is 0. The van der Waals surface area contributed by atoms with Gasteiger partial charge in [-0.05, 0) is 21.0 Å². The van der Waals surface area contributed by atoms with E-state index in [-0.39, 0.29) is 6.04 Å². The third kappa shape index (κ3) is 4.81. The fraction of sp³-hybridized carbons (Fsp3) is 1.00. The monoisotopic (exact) mass is 228 g/mol. The van der Waals surface area contributed by atoms with Gasteiger partial charge in [0.05, 0.1) is 0 Å². The average Bonchev–Trinajstić information content (AvgIpc) is 1.82. The van der Waals surface area contributed by atoms with Crippen LogP contribution in [0.15, 0.2) is 0 Å². The summed E-state index contributed by atoms with van der Waals surface area (Å²) in [7, 11) is 5.46. The first-order valence-corrected chi connectivity index (χ1v) is 6.41. The SMILES string of the molecule is CCN(C(C)CN(C)C)S(=O)(=O)Cl. The predicted molar refractivity (Wildman–Crippen MR) is 55.2 cm³/mol. The Balaban J connectivity index is 4.42. The quantitative estimate of drug-likeness (QED) is 0.652. The molecular formula is C7H17ClN2O2S. The molecule has 80 valence electrons. The van der Waals surface area contributed by atoms with Crippen molar-refractivity contribution in [1.82, 2.24) is 9.21 Å². The number of nitrogens with zero attached hydrogens (tertiary/aromatic N) is 2. The Bertz CT molecular complexity index is 241. The highest BCUT2D eigenvalue weighted by molar-refractivity contribution is 8.11. The number of hydrogen-bond acceptors (Lipinski definition) is 3. The van der Waals surface area contributed by atoms with Gasteiger partial charge in [0.1, 0.15) is 0 Å². The van der Waals surface area contributed by atoms with Crippen LogP contribution in [0.1, 0.15) is 13.8 Å². The maximum atomic E-state index is 11.1. The largest absolute Gasteiger partial charge is 0.308 e. The van der Waals surface area contributed by atoms with Crippen molar-refractivity contribution >= 4 is 19.9 Å². The zero-order valence-corrected chi connectivity index (χ0v) is 10.1. The highest BCUT2D eigenvalue weighted by atomic mass is 35.7. The fourth-order valence-corrected chi connectivity index (χ4v) is 2.81. The van der Waals surface area contributed by atoms with Gasteiger partial charge in [-0.1, -0.05) is 6.92 Å². The Morgan fingerprint density at radius 1 is 1.38 bits per heavy atom. The zero-order valence-electron chi connectivity index (χ0n) is 8.49. The van der Waals surface area contributed by atoms with Gasteiger partial charge >= 0.3 is 0 Å². The number of rotatable bonds is 5. The second-order valence-electron chi connectivity index (χ2n) is 3.26. The molecule has 0 saturated carbocycles. The molecule has 6 heteroatoms. The minimum absolute atomic E-state index is 0.0949. The molecule has 0 aliphatic heterocycles. The van der Waals surface area contributed by atoms with E-state index in [1.54, 1.807) is 6.92 Å². The molecule has 0 spiro atoms. The van der Waals surface area contributed by atoms with Gasteiger partial charge in [0.25, 0.3) is 9.24 Å². The van der Waals surface area contributed by atoms with Crippen LogP contribution in [-0.2, 0) is 9.24 Å². The molecule has 1 unspecified atom stereocenters. The van der Waals surface area contributed by atoms with Crippen molar-refractivity contribution in [3.63, 3.8) is 0 Å². The molecule has 0 heterocycles. The molecule has 0 N–H and O–H groups in total. The molecule has 0 aliphatic rings. The molecule has 0 radical (unpaired) electrons. The predicted octanol–water partition coefficient (Wildman–Crippen LogP) is 0.742. The summed E-state index contributed by atoms with van der Waals surface area (Å²) < 4.78 is 23.4. The molecule has 13 heavy (non-hydrogen) atoms. The second kappa shape index (κ2) is 5.14. The first-order valence-electron chi connectivity index (χ1n) is 4.15. The highest BCUT2D eigenvalue weighted by Gasteiger charge is 2.23. The van der Waals surface area contributed by atoms with Crippen molar-refractivity contribution in [2.75, 3.05) is 27.2 Å². The van der Waals surface area contributed by atoms with Gasteiger partial charge in [-0.15, -0.1) is 0 Å². The summed E-state index contributed by atoms with van der Waals surface area (Å²) >= 11 is 0. The zero-order chi connectivity index (χ0) is 10.6. The third-order valence-electron chi connectivity index (χ3n) is 1.71. The van der Waals surface area contributed by atoms with E-state index in [4.69, 9.17) is 10.7 Å². The smallest absolute Gasteiger partial charge is 0.300 e. The Kier molecular flexibility index (Phi) is 5.21. The maximum Gasteiger partial charge on any atom is 0.300 e. The molecule has 0 aliphatic carbocycles. The van der Waals surface area contributed by atoms with E-state index >= 15 is 0 Å². The number of halogens is 1.